The summed E-state index contributed by atoms with van der Waals surface area (Å²) in [6, 6.07) is 13.8. The van der Waals surface area contributed by atoms with Crippen LogP contribution in [0.15, 0.2) is 53.3 Å². The van der Waals surface area contributed by atoms with Crippen LogP contribution >= 0.6 is 22.9 Å². The average molecular weight is 427 g/mol. The molecular weight excluding hydrogens is 407 g/mol. The summed E-state index contributed by atoms with van der Waals surface area (Å²) in [5.74, 6) is 0.446. The first-order valence-corrected chi connectivity index (χ1v) is 10.6. The molecule has 148 valence electrons. The highest BCUT2D eigenvalue weighted by Gasteiger charge is 2.21. The molecule has 6 heteroatoms. The van der Waals surface area contributed by atoms with Crippen molar-refractivity contribution in [2.24, 2.45) is 0 Å². The quantitative estimate of drug-likeness (QED) is 0.378. The lowest BCUT2D eigenvalue weighted by Crippen LogP contribution is -2.26. The average Bonchev–Trinajstić information content (AvgIpc) is 3.01. The number of aromatic nitrogens is 2. The van der Waals surface area contributed by atoms with Crippen LogP contribution in [0.2, 0.25) is 5.02 Å². The Hall–Kier alpha value is -2.50. The van der Waals surface area contributed by atoms with Crippen molar-refractivity contribution < 1.29 is 4.39 Å². The predicted octanol–water partition coefficient (Wildman–Crippen LogP) is 6.40. The van der Waals surface area contributed by atoms with Crippen molar-refractivity contribution in [1.29, 1.82) is 0 Å². The third-order valence-electron chi connectivity index (χ3n) is 4.90. The Balaban J connectivity index is 1.98. The topological polar surface area (TPSA) is 34.9 Å². The first-order valence-electron chi connectivity index (χ1n) is 9.39. The van der Waals surface area contributed by atoms with Gasteiger partial charge in [0.2, 0.25) is 0 Å². The molecule has 0 aliphatic rings. The summed E-state index contributed by atoms with van der Waals surface area (Å²) in [5, 5.41) is 1.25. The minimum atomic E-state index is -0.316. The number of nitrogens with zero attached hydrogens (tertiary/aromatic N) is 2. The number of thiophene rings is 1. The lowest BCUT2D eigenvalue weighted by atomic mass is 10.0. The van der Waals surface area contributed by atoms with Crippen LogP contribution in [0.5, 0.6) is 0 Å². The van der Waals surface area contributed by atoms with Gasteiger partial charge in [-0.2, -0.15) is 0 Å². The molecule has 3 nitrogen and oxygen atoms in total. The van der Waals surface area contributed by atoms with Crippen molar-refractivity contribution in [3.8, 4) is 11.1 Å². The van der Waals surface area contributed by atoms with E-state index in [1.165, 1.54) is 23.5 Å². The molecule has 0 unspecified atom stereocenters. The molecule has 0 bridgehead atoms. The number of rotatable bonds is 4. The fourth-order valence-electron chi connectivity index (χ4n) is 3.59. The summed E-state index contributed by atoms with van der Waals surface area (Å²) in [4.78, 5) is 20.2. The number of fused-ring (bicyclic) bond motifs is 1. The Morgan fingerprint density at radius 2 is 1.90 bits per heavy atom. The molecule has 0 saturated carbocycles. The fraction of sp³-hybridized carbons (Fsp3) is 0.217. The number of hydrogen-bond donors (Lipinski definition) is 0. The van der Waals surface area contributed by atoms with E-state index in [9.17, 15) is 9.18 Å². The van der Waals surface area contributed by atoms with Crippen LogP contribution in [0.3, 0.4) is 0 Å². The largest absolute Gasteiger partial charge is 0.291 e. The Bertz CT molecular complexity index is 1260. The predicted molar refractivity (Wildman–Crippen MR) is 119 cm³/mol. The number of halogens is 2. The first-order chi connectivity index (χ1) is 13.8. The summed E-state index contributed by atoms with van der Waals surface area (Å²) >= 11 is 7.56. The van der Waals surface area contributed by atoms with Crippen molar-refractivity contribution in [3.63, 3.8) is 0 Å². The van der Waals surface area contributed by atoms with Gasteiger partial charge in [0.05, 0.1) is 11.9 Å². The molecule has 0 spiro atoms. The molecule has 2 heterocycles. The van der Waals surface area contributed by atoms with Crippen LogP contribution in [0.1, 0.15) is 36.0 Å². The third-order valence-corrected chi connectivity index (χ3v) is 6.15. The second-order valence-corrected chi connectivity index (χ2v) is 9.01. The lowest BCUT2D eigenvalue weighted by Gasteiger charge is -2.15. The minimum Gasteiger partial charge on any atom is -0.291 e. The van der Waals surface area contributed by atoms with Gasteiger partial charge >= 0.3 is 0 Å². The minimum absolute atomic E-state index is 0.0575. The van der Waals surface area contributed by atoms with Gasteiger partial charge in [0.25, 0.3) is 5.56 Å². The molecule has 2 aromatic heterocycles. The molecule has 0 saturated heterocycles. The van der Waals surface area contributed by atoms with Gasteiger partial charge in [0.15, 0.2) is 0 Å². The van der Waals surface area contributed by atoms with Gasteiger partial charge in [-0.3, -0.25) is 9.36 Å². The second kappa shape index (κ2) is 7.73. The number of benzene rings is 2. The molecule has 0 aliphatic carbocycles. The van der Waals surface area contributed by atoms with Crippen LogP contribution in [0, 0.1) is 12.7 Å². The highest BCUT2D eigenvalue weighted by molar-refractivity contribution is 7.19. The smallest absolute Gasteiger partial charge is 0.263 e. The van der Waals surface area contributed by atoms with Crippen molar-refractivity contribution in [2.75, 3.05) is 0 Å². The van der Waals surface area contributed by atoms with Gasteiger partial charge in [-0.05, 0) is 42.3 Å². The third kappa shape index (κ3) is 3.72. The molecule has 0 radical (unpaired) electrons. The Kier molecular flexibility index (Phi) is 5.28. The Labute approximate surface area is 177 Å². The van der Waals surface area contributed by atoms with E-state index in [0.29, 0.717) is 16.2 Å². The molecule has 29 heavy (non-hydrogen) atoms. The molecule has 0 aliphatic heterocycles. The summed E-state index contributed by atoms with van der Waals surface area (Å²) in [6.07, 6.45) is 0. The molecule has 0 amide bonds. The molecule has 4 rings (SSSR count). The highest BCUT2D eigenvalue weighted by atomic mass is 35.5. The van der Waals surface area contributed by atoms with Gasteiger partial charge in [0, 0.05) is 21.4 Å². The van der Waals surface area contributed by atoms with Crippen LogP contribution in [-0.2, 0) is 6.54 Å². The van der Waals surface area contributed by atoms with E-state index in [-0.39, 0.29) is 23.8 Å². The lowest BCUT2D eigenvalue weighted by molar-refractivity contribution is 0.612. The summed E-state index contributed by atoms with van der Waals surface area (Å²) in [5.41, 5.74) is 2.46. The van der Waals surface area contributed by atoms with Gasteiger partial charge in [-0.25, -0.2) is 9.37 Å². The van der Waals surface area contributed by atoms with Crippen LogP contribution in [0.4, 0.5) is 4.39 Å². The summed E-state index contributed by atoms with van der Waals surface area (Å²) in [7, 11) is 0. The van der Waals surface area contributed by atoms with Crippen molar-refractivity contribution in [3.05, 3.63) is 86.0 Å². The molecule has 0 N–H and O–H groups in total. The standard InChI is InChI=1S/C23H20ClFN2OS/c1-13(2)21-26-22-20(19(14(3)29-22)16-7-9-17(24)10-8-16)23(28)27(21)12-15-5-4-6-18(25)11-15/h4-11,13H,12H2,1-3H3. The maximum Gasteiger partial charge on any atom is 0.263 e. The van der Waals surface area contributed by atoms with Crippen molar-refractivity contribution in [1.82, 2.24) is 9.55 Å². The van der Waals surface area contributed by atoms with Gasteiger partial charge < -0.3 is 0 Å². The van der Waals surface area contributed by atoms with E-state index >= 15 is 0 Å². The van der Waals surface area contributed by atoms with E-state index in [2.05, 4.69) is 0 Å². The maximum absolute atomic E-state index is 13.7. The summed E-state index contributed by atoms with van der Waals surface area (Å²) < 4.78 is 15.4. The monoisotopic (exact) mass is 426 g/mol. The molecule has 0 atom stereocenters. The van der Waals surface area contributed by atoms with Gasteiger partial charge in [0.1, 0.15) is 16.5 Å². The van der Waals surface area contributed by atoms with Crippen molar-refractivity contribution in [2.45, 2.75) is 33.2 Å². The van der Waals surface area contributed by atoms with E-state index < -0.39 is 0 Å². The molecule has 0 fully saturated rings. The zero-order valence-electron chi connectivity index (χ0n) is 16.4. The van der Waals surface area contributed by atoms with Crippen molar-refractivity contribution >= 4 is 33.2 Å². The molecule has 2 aromatic carbocycles. The molecule has 4 aromatic rings. The zero-order valence-corrected chi connectivity index (χ0v) is 17.9. The SMILES string of the molecule is Cc1sc2nc(C(C)C)n(Cc3cccc(F)c3)c(=O)c2c1-c1ccc(Cl)cc1. The fourth-order valence-corrected chi connectivity index (χ4v) is 4.75. The highest BCUT2D eigenvalue weighted by Crippen LogP contribution is 2.36. The van der Waals surface area contributed by atoms with Crippen LogP contribution in [-0.4, -0.2) is 9.55 Å². The van der Waals surface area contributed by atoms with Crippen LogP contribution < -0.4 is 5.56 Å². The first kappa shape index (κ1) is 19.8. The second-order valence-electron chi connectivity index (χ2n) is 7.37. The zero-order chi connectivity index (χ0) is 20.7. The van der Waals surface area contributed by atoms with Gasteiger partial charge in [-0.15, -0.1) is 11.3 Å². The van der Waals surface area contributed by atoms with E-state index in [1.807, 2.05) is 51.1 Å². The van der Waals surface area contributed by atoms with E-state index in [4.69, 9.17) is 16.6 Å². The van der Waals surface area contributed by atoms with Crippen LogP contribution in [0.25, 0.3) is 21.3 Å². The van der Waals surface area contributed by atoms with E-state index in [0.717, 1.165) is 26.4 Å². The number of aryl methyl sites for hydroxylation is 1. The number of hydrogen-bond acceptors (Lipinski definition) is 3. The van der Waals surface area contributed by atoms with Gasteiger partial charge in [-0.1, -0.05) is 49.7 Å². The summed E-state index contributed by atoms with van der Waals surface area (Å²) in [6.45, 7) is 6.30. The normalized spacial score (nSPS) is 11.5. The Morgan fingerprint density at radius 1 is 1.17 bits per heavy atom. The van der Waals surface area contributed by atoms with E-state index in [1.54, 1.807) is 10.6 Å². The Morgan fingerprint density at radius 3 is 2.55 bits per heavy atom. The molecular formula is C23H20ClFN2OS. The maximum atomic E-state index is 13.7.